The first-order valence-corrected chi connectivity index (χ1v) is 7.60. The van der Waals surface area contributed by atoms with Gasteiger partial charge in [0, 0.05) is 5.25 Å². The van der Waals surface area contributed by atoms with Crippen LogP contribution in [0.2, 0.25) is 0 Å². The molecule has 0 aromatic carbocycles. The third-order valence-electron chi connectivity index (χ3n) is 3.38. The van der Waals surface area contributed by atoms with Gasteiger partial charge in [0.25, 0.3) is 0 Å². The highest BCUT2D eigenvalue weighted by molar-refractivity contribution is 7.99. The number of aryl methyl sites for hydroxylation is 1. The molecule has 1 heterocycles. The van der Waals surface area contributed by atoms with Crippen molar-refractivity contribution < 1.29 is 9.90 Å². The molecule has 0 saturated heterocycles. The number of nitrogens with zero attached hydrogens (tertiary/aromatic N) is 2. The van der Waals surface area contributed by atoms with E-state index in [0.717, 1.165) is 0 Å². The van der Waals surface area contributed by atoms with Crippen molar-refractivity contribution in [1.82, 2.24) is 9.97 Å². The molecule has 1 aromatic heterocycles. The second-order valence-electron chi connectivity index (χ2n) is 4.86. The van der Waals surface area contributed by atoms with Gasteiger partial charge >= 0.3 is 5.97 Å². The number of rotatable bonds is 4. The van der Waals surface area contributed by atoms with Crippen LogP contribution < -0.4 is 5.73 Å². The van der Waals surface area contributed by atoms with E-state index >= 15 is 0 Å². The minimum Gasteiger partial charge on any atom is -0.477 e. The molecule has 0 atom stereocenters. The van der Waals surface area contributed by atoms with Crippen LogP contribution in [0, 0.1) is 6.92 Å². The highest BCUT2D eigenvalue weighted by Crippen LogP contribution is 2.30. The molecular weight excluding hydrogens is 262 g/mol. The number of anilines is 1. The zero-order valence-electron chi connectivity index (χ0n) is 11.1. The van der Waals surface area contributed by atoms with Gasteiger partial charge in [-0.25, -0.2) is 14.8 Å². The van der Waals surface area contributed by atoms with E-state index in [4.69, 9.17) is 10.8 Å². The molecule has 0 bridgehead atoms. The smallest absolute Gasteiger partial charge is 0.341 e. The third kappa shape index (κ3) is 3.59. The number of hydrogen-bond acceptors (Lipinski definition) is 5. The zero-order valence-corrected chi connectivity index (χ0v) is 11.9. The number of carboxylic acid groups (broad SMARTS) is 1. The molecule has 1 saturated carbocycles. The lowest BCUT2D eigenvalue weighted by molar-refractivity contribution is 0.0696. The van der Waals surface area contributed by atoms with Gasteiger partial charge < -0.3 is 10.8 Å². The van der Waals surface area contributed by atoms with Crippen molar-refractivity contribution in [3.63, 3.8) is 0 Å². The molecule has 2 rings (SSSR count). The predicted octanol–water partition coefficient (Wildman–Crippen LogP) is 2.63. The average Bonchev–Trinajstić information content (AvgIpc) is 2.36. The summed E-state index contributed by atoms with van der Waals surface area (Å²) in [6, 6.07) is 0. The van der Waals surface area contributed by atoms with Gasteiger partial charge in [-0.3, -0.25) is 0 Å². The number of carbonyl (C=O) groups is 1. The summed E-state index contributed by atoms with van der Waals surface area (Å²) in [6.45, 7) is 1.66. The Morgan fingerprint density at radius 2 is 2.05 bits per heavy atom. The maximum absolute atomic E-state index is 11.0. The van der Waals surface area contributed by atoms with Gasteiger partial charge in [-0.15, -0.1) is 0 Å². The minimum atomic E-state index is -1.07. The van der Waals surface area contributed by atoms with Crippen LogP contribution in [0.4, 0.5) is 5.82 Å². The van der Waals surface area contributed by atoms with E-state index in [-0.39, 0.29) is 11.4 Å². The van der Waals surface area contributed by atoms with Gasteiger partial charge in [0.1, 0.15) is 17.2 Å². The van der Waals surface area contributed by atoms with Crippen LogP contribution in [0.5, 0.6) is 0 Å². The Labute approximate surface area is 117 Å². The van der Waals surface area contributed by atoms with Crippen molar-refractivity contribution in [3.05, 3.63) is 17.1 Å². The zero-order chi connectivity index (χ0) is 13.8. The van der Waals surface area contributed by atoms with Crippen LogP contribution in [-0.2, 0) is 5.75 Å². The lowest BCUT2D eigenvalue weighted by Gasteiger charge is -2.20. The average molecular weight is 281 g/mol. The normalized spacial score (nSPS) is 16.5. The summed E-state index contributed by atoms with van der Waals surface area (Å²) < 4.78 is 0. The Kier molecular flexibility index (Phi) is 4.63. The van der Waals surface area contributed by atoms with Gasteiger partial charge in [-0.1, -0.05) is 19.3 Å². The van der Waals surface area contributed by atoms with Crippen molar-refractivity contribution in [2.24, 2.45) is 0 Å². The van der Waals surface area contributed by atoms with Crippen LogP contribution >= 0.6 is 11.8 Å². The van der Waals surface area contributed by atoms with Gasteiger partial charge in [0.15, 0.2) is 0 Å². The SMILES string of the molecule is Cc1nc(CSC2CCCCC2)nc(N)c1C(=O)O. The second-order valence-corrected chi connectivity index (χ2v) is 6.15. The van der Waals surface area contributed by atoms with E-state index < -0.39 is 5.97 Å². The Hall–Kier alpha value is -1.30. The third-order valence-corrected chi connectivity index (χ3v) is 4.75. The molecular formula is C13H19N3O2S. The maximum Gasteiger partial charge on any atom is 0.341 e. The fraction of sp³-hybridized carbons (Fsp3) is 0.615. The van der Waals surface area contributed by atoms with Crippen molar-refractivity contribution in [2.75, 3.05) is 5.73 Å². The second kappa shape index (κ2) is 6.23. The van der Waals surface area contributed by atoms with Crippen LogP contribution in [0.3, 0.4) is 0 Å². The number of aromatic nitrogens is 2. The summed E-state index contributed by atoms with van der Waals surface area (Å²) in [5, 5.41) is 9.68. The predicted molar refractivity (Wildman–Crippen MR) is 76.3 cm³/mol. The standard InChI is InChI=1S/C13H19N3O2S/c1-8-11(13(17)18)12(14)16-10(15-8)7-19-9-5-3-2-4-6-9/h9H,2-7H2,1H3,(H,17,18)(H2,14,15,16). The summed E-state index contributed by atoms with van der Waals surface area (Å²) in [4.78, 5) is 19.3. The fourth-order valence-corrected chi connectivity index (χ4v) is 3.59. The number of carboxylic acids is 1. The molecule has 1 aromatic rings. The van der Waals surface area contributed by atoms with Crippen LogP contribution in [0.15, 0.2) is 0 Å². The van der Waals surface area contributed by atoms with Gasteiger partial charge in [-0.2, -0.15) is 11.8 Å². The van der Waals surface area contributed by atoms with Crippen molar-refractivity contribution >= 4 is 23.5 Å². The fourth-order valence-electron chi connectivity index (χ4n) is 2.41. The van der Waals surface area contributed by atoms with Gasteiger partial charge in [-0.05, 0) is 19.8 Å². The quantitative estimate of drug-likeness (QED) is 0.882. The summed E-state index contributed by atoms with van der Waals surface area (Å²) in [5.41, 5.74) is 6.15. The van der Waals surface area contributed by atoms with E-state index in [0.29, 0.717) is 22.5 Å². The molecule has 3 N–H and O–H groups in total. The molecule has 1 fully saturated rings. The van der Waals surface area contributed by atoms with Gasteiger partial charge in [0.05, 0.1) is 11.4 Å². The molecule has 19 heavy (non-hydrogen) atoms. The largest absolute Gasteiger partial charge is 0.477 e. The molecule has 0 unspecified atom stereocenters. The first-order chi connectivity index (χ1) is 9.08. The Balaban J connectivity index is 2.03. The molecule has 6 heteroatoms. The number of thioether (sulfide) groups is 1. The first kappa shape index (κ1) is 14.1. The summed E-state index contributed by atoms with van der Waals surface area (Å²) >= 11 is 1.85. The minimum absolute atomic E-state index is 0.0198. The molecule has 1 aliphatic rings. The topological polar surface area (TPSA) is 89.1 Å². The molecule has 5 nitrogen and oxygen atoms in total. The Bertz CT molecular complexity index is 450. The summed E-state index contributed by atoms with van der Waals surface area (Å²) in [7, 11) is 0. The maximum atomic E-state index is 11.0. The summed E-state index contributed by atoms with van der Waals surface area (Å²) in [6.07, 6.45) is 6.46. The van der Waals surface area contributed by atoms with Gasteiger partial charge in [0.2, 0.25) is 0 Å². The molecule has 0 amide bonds. The Morgan fingerprint density at radius 3 is 2.63 bits per heavy atom. The number of nitrogens with two attached hydrogens (primary N) is 1. The van der Waals surface area contributed by atoms with E-state index in [1.165, 1.54) is 32.1 Å². The lowest BCUT2D eigenvalue weighted by Crippen LogP contribution is -2.13. The highest BCUT2D eigenvalue weighted by Gasteiger charge is 2.18. The van der Waals surface area contributed by atoms with Crippen LogP contribution in [-0.4, -0.2) is 26.3 Å². The van der Waals surface area contributed by atoms with E-state index in [1.807, 2.05) is 11.8 Å². The molecule has 0 spiro atoms. The molecule has 104 valence electrons. The van der Waals surface area contributed by atoms with E-state index in [1.54, 1.807) is 6.92 Å². The molecule has 0 aliphatic heterocycles. The first-order valence-electron chi connectivity index (χ1n) is 6.56. The van der Waals surface area contributed by atoms with Crippen molar-refractivity contribution in [1.29, 1.82) is 0 Å². The van der Waals surface area contributed by atoms with Crippen LogP contribution in [0.25, 0.3) is 0 Å². The lowest BCUT2D eigenvalue weighted by atomic mass is 10.0. The molecule has 1 aliphatic carbocycles. The highest BCUT2D eigenvalue weighted by atomic mass is 32.2. The number of aromatic carboxylic acids is 1. The number of hydrogen-bond donors (Lipinski definition) is 2. The van der Waals surface area contributed by atoms with E-state index in [9.17, 15) is 4.79 Å². The van der Waals surface area contributed by atoms with E-state index in [2.05, 4.69) is 9.97 Å². The Morgan fingerprint density at radius 1 is 1.37 bits per heavy atom. The summed E-state index contributed by atoms with van der Waals surface area (Å²) in [5.74, 6) is 0.339. The van der Waals surface area contributed by atoms with Crippen molar-refractivity contribution in [3.8, 4) is 0 Å². The van der Waals surface area contributed by atoms with Crippen molar-refractivity contribution in [2.45, 2.75) is 50.0 Å². The van der Waals surface area contributed by atoms with Crippen LogP contribution in [0.1, 0.15) is 54.0 Å². The number of nitrogen functional groups attached to an aromatic ring is 1. The monoisotopic (exact) mass is 281 g/mol. The molecule has 0 radical (unpaired) electrons.